The van der Waals surface area contributed by atoms with Crippen LogP contribution in [-0.4, -0.2) is 35.9 Å². The van der Waals surface area contributed by atoms with Gasteiger partial charge in [0.15, 0.2) is 0 Å². The number of carbonyl (C=O) groups excluding carboxylic acids is 1. The van der Waals surface area contributed by atoms with E-state index in [1.54, 1.807) is 6.07 Å². The Hall–Kier alpha value is -1.81. The largest absolute Gasteiger partial charge is 0.366 e. The number of H-pyrrole nitrogens is 1. The summed E-state index contributed by atoms with van der Waals surface area (Å²) in [6, 6.07) is 7.85. The molecule has 1 saturated heterocycles. The van der Waals surface area contributed by atoms with Gasteiger partial charge >= 0.3 is 0 Å². The molecule has 1 amide bonds. The predicted molar refractivity (Wildman–Crippen MR) is 76.3 cm³/mol. The molecule has 0 spiro atoms. The first-order valence-corrected chi connectivity index (χ1v) is 6.75. The number of nitrogens with zero attached hydrogens (tertiary/aromatic N) is 1. The molecule has 19 heavy (non-hydrogen) atoms. The molecule has 2 aromatic rings. The number of carbonyl (C=O) groups is 1. The van der Waals surface area contributed by atoms with Gasteiger partial charge in [-0.05, 0) is 45.1 Å². The van der Waals surface area contributed by atoms with E-state index in [0.29, 0.717) is 11.5 Å². The van der Waals surface area contributed by atoms with E-state index in [-0.39, 0.29) is 5.91 Å². The zero-order valence-electron chi connectivity index (χ0n) is 11.1. The summed E-state index contributed by atoms with van der Waals surface area (Å²) in [5.74, 6) is 0.187. The predicted octanol–water partition coefficient (Wildman–Crippen LogP) is 2.08. The van der Waals surface area contributed by atoms with Crippen LogP contribution >= 0.6 is 0 Å². The number of rotatable bonds is 2. The highest BCUT2D eigenvalue weighted by atomic mass is 16.1. The molecule has 2 heterocycles. The van der Waals surface area contributed by atoms with Crippen molar-refractivity contribution < 1.29 is 4.79 Å². The maximum absolute atomic E-state index is 11.4. The van der Waals surface area contributed by atoms with Crippen molar-refractivity contribution in [2.75, 3.05) is 20.1 Å². The van der Waals surface area contributed by atoms with E-state index >= 15 is 0 Å². The van der Waals surface area contributed by atoms with E-state index in [2.05, 4.69) is 23.0 Å². The number of piperidine rings is 1. The number of nitrogens with two attached hydrogens (primary N) is 1. The molecule has 4 heteroatoms. The van der Waals surface area contributed by atoms with Crippen LogP contribution in [0.4, 0.5) is 0 Å². The molecule has 1 fully saturated rings. The lowest BCUT2D eigenvalue weighted by molar-refractivity contribution is 0.100. The van der Waals surface area contributed by atoms with Crippen LogP contribution in [0.15, 0.2) is 24.3 Å². The minimum Gasteiger partial charge on any atom is -0.366 e. The first-order chi connectivity index (χ1) is 9.15. The number of fused-ring (bicyclic) bond motifs is 1. The molecule has 0 bridgehead atoms. The lowest BCUT2D eigenvalue weighted by Crippen LogP contribution is -2.29. The van der Waals surface area contributed by atoms with Gasteiger partial charge in [0.05, 0.1) is 11.1 Å². The summed E-state index contributed by atoms with van der Waals surface area (Å²) in [5, 5.41) is 1.07. The molecule has 100 valence electrons. The van der Waals surface area contributed by atoms with Crippen molar-refractivity contribution >= 4 is 16.8 Å². The molecular formula is C15H19N3O. The van der Waals surface area contributed by atoms with E-state index in [4.69, 9.17) is 5.73 Å². The van der Waals surface area contributed by atoms with Crippen LogP contribution in [0.3, 0.4) is 0 Å². The van der Waals surface area contributed by atoms with Gasteiger partial charge in [-0.15, -0.1) is 0 Å². The third kappa shape index (κ3) is 2.24. The minimum absolute atomic E-state index is 0.373. The van der Waals surface area contributed by atoms with E-state index in [1.807, 2.05) is 12.1 Å². The van der Waals surface area contributed by atoms with E-state index in [9.17, 15) is 4.79 Å². The zero-order chi connectivity index (χ0) is 13.4. The summed E-state index contributed by atoms with van der Waals surface area (Å²) in [6.07, 6.45) is 2.32. The first-order valence-electron chi connectivity index (χ1n) is 6.75. The van der Waals surface area contributed by atoms with Gasteiger partial charge in [-0.2, -0.15) is 0 Å². The fourth-order valence-electron chi connectivity index (χ4n) is 2.92. The smallest absolute Gasteiger partial charge is 0.250 e. The lowest BCUT2D eigenvalue weighted by atomic mass is 9.94. The third-order valence-corrected chi connectivity index (χ3v) is 4.10. The Kier molecular flexibility index (Phi) is 3.03. The second-order valence-electron chi connectivity index (χ2n) is 5.44. The number of primary amides is 1. The molecule has 0 radical (unpaired) electrons. The van der Waals surface area contributed by atoms with Crippen LogP contribution in [0.25, 0.3) is 10.9 Å². The minimum atomic E-state index is -0.373. The molecule has 1 aliphatic heterocycles. The SMILES string of the molecule is CN1CCC(c2cc3cccc(C(N)=O)c3[nH]2)CC1. The molecule has 3 N–H and O–H groups in total. The average molecular weight is 257 g/mol. The molecule has 1 aromatic heterocycles. The molecular weight excluding hydrogens is 238 g/mol. The van der Waals surface area contributed by atoms with Gasteiger partial charge in [-0.1, -0.05) is 12.1 Å². The Bertz CT molecular complexity index is 609. The van der Waals surface area contributed by atoms with Gasteiger partial charge in [0, 0.05) is 17.0 Å². The number of nitrogens with one attached hydrogen (secondary N) is 1. The highest BCUT2D eigenvalue weighted by molar-refractivity contribution is 6.05. The van der Waals surface area contributed by atoms with E-state index in [1.165, 1.54) is 5.69 Å². The number of aromatic nitrogens is 1. The Morgan fingerprint density at radius 2 is 2.11 bits per heavy atom. The summed E-state index contributed by atoms with van der Waals surface area (Å²) in [4.78, 5) is 17.2. The normalized spacial score (nSPS) is 17.9. The van der Waals surface area contributed by atoms with Gasteiger partial charge < -0.3 is 15.6 Å². The molecule has 0 aliphatic carbocycles. The number of hydrogen-bond acceptors (Lipinski definition) is 2. The van der Waals surface area contributed by atoms with Crippen molar-refractivity contribution in [3.05, 3.63) is 35.5 Å². The van der Waals surface area contributed by atoms with Crippen LogP contribution in [0, 0.1) is 0 Å². The molecule has 0 atom stereocenters. The number of amides is 1. The number of aromatic amines is 1. The molecule has 0 saturated carbocycles. The Morgan fingerprint density at radius 1 is 1.37 bits per heavy atom. The van der Waals surface area contributed by atoms with E-state index in [0.717, 1.165) is 36.8 Å². The van der Waals surface area contributed by atoms with Crippen molar-refractivity contribution in [1.29, 1.82) is 0 Å². The van der Waals surface area contributed by atoms with Crippen molar-refractivity contribution in [2.24, 2.45) is 5.73 Å². The van der Waals surface area contributed by atoms with Crippen LogP contribution in [0.2, 0.25) is 0 Å². The summed E-state index contributed by atoms with van der Waals surface area (Å²) < 4.78 is 0. The van der Waals surface area contributed by atoms with Gasteiger partial charge in [0.25, 0.3) is 5.91 Å². The van der Waals surface area contributed by atoms with Crippen LogP contribution in [-0.2, 0) is 0 Å². The average Bonchev–Trinajstić information content (AvgIpc) is 2.82. The van der Waals surface area contributed by atoms with Crippen molar-refractivity contribution in [3.63, 3.8) is 0 Å². The molecule has 1 aromatic carbocycles. The number of benzene rings is 1. The van der Waals surface area contributed by atoms with Crippen molar-refractivity contribution in [3.8, 4) is 0 Å². The third-order valence-electron chi connectivity index (χ3n) is 4.10. The van der Waals surface area contributed by atoms with Gasteiger partial charge in [-0.25, -0.2) is 0 Å². The Labute approximate surface area is 112 Å². The number of para-hydroxylation sites is 1. The molecule has 1 aliphatic rings. The number of hydrogen-bond donors (Lipinski definition) is 2. The number of likely N-dealkylation sites (tertiary alicyclic amines) is 1. The second kappa shape index (κ2) is 4.70. The summed E-state index contributed by atoms with van der Waals surface area (Å²) in [5.41, 5.74) is 8.11. The second-order valence-corrected chi connectivity index (χ2v) is 5.44. The van der Waals surface area contributed by atoms with Crippen LogP contribution in [0.5, 0.6) is 0 Å². The van der Waals surface area contributed by atoms with Crippen LogP contribution in [0.1, 0.15) is 34.8 Å². The Balaban J connectivity index is 1.98. The molecule has 0 unspecified atom stereocenters. The first kappa shape index (κ1) is 12.2. The highest BCUT2D eigenvalue weighted by Crippen LogP contribution is 2.30. The van der Waals surface area contributed by atoms with E-state index < -0.39 is 0 Å². The maximum atomic E-state index is 11.4. The zero-order valence-corrected chi connectivity index (χ0v) is 11.1. The summed E-state index contributed by atoms with van der Waals surface area (Å²) in [6.45, 7) is 2.26. The van der Waals surface area contributed by atoms with Gasteiger partial charge in [-0.3, -0.25) is 4.79 Å². The molecule has 3 rings (SSSR count). The summed E-state index contributed by atoms with van der Waals surface area (Å²) >= 11 is 0. The fourth-order valence-corrected chi connectivity index (χ4v) is 2.92. The maximum Gasteiger partial charge on any atom is 0.250 e. The monoisotopic (exact) mass is 257 g/mol. The Morgan fingerprint density at radius 3 is 2.79 bits per heavy atom. The fraction of sp³-hybridized carbons (Fsp3) is 0.400. The molecule has 4 nitrogen and oxygen atoms in total. The van der Waals surface area contributed by atoms with Crippen molar-refractivity contribution in [2.45, 2.75) is 18.8 Å². The standard InChI is InChI=1S/C15H19N3O/c1-18-7-5-10(6-8-18)13-9-11-3-2-4-12(15(16)19)14(11)17-13/h2-4,9-10,17H,5-8H2,1H3,(H2,16,19). The van der Waals surface area contributed by atoms with Crippen molar-refractivity contribution in [1.82, 2.24) is 9.88 Å². The topological polar surface area (TPSA) is 62.1 Å². The van der Waals surface area contributed by atoms with Crippen LogP contribution < -0.4 is 5.73 Å². The van der Waals surface area contributed by atoms with Gasteiger partial charge in [0.1, 0.15) is 0 Å². The summed E-state index contributed by atoms with van der Waals surface area (Å²) in [7, 11) is 2.16. The highest BCUT2D eigenvalue weighted by Gasteiger charge is 2.20. The lowest BCUT2D eigenvalue weighted by Gasteiger charge is -2.28. The van der Waals surface area contributed by atoms with Gasteiger partial charge in [0.2, 0.25) is 0 Å². The quantitative estimate of drug-likeness (QED) is 0.865.